The monoisotopic (exact) mass is 326 g/mol. The summed E-state index contributed by atoms with van der Waals surface area (Å²) in [6.45, 7) is 2.08. The van der Waals surface area contributed by atoms with E-state index in [2.05, 4.69) is 20.9 Å². The molecule has 0 saturated carbocycles. The Bertz CT molecular complexity index is 583. The normalized spacial score (nSPS) is 10.3. The number of anilines is 1. The standard InChI is InChI=1S/C12H11BrN2O2S/c1-7-6-18-10(15-7)5-17-12(16)8-3-2-4-9(14)11(8)13/h2-4,6H,5,14H2,1H3. The van der Waals surface area contributed by atoms with E-state index >= 15 is 0 Å². The van der Waals surface area contributed by atoms with Crippen molar-refractivity contribution in [2.24, 2.45) is 0 Å². The maximum Gasteiger partial charge on any atom is 0.339 e. The average molecular weight is 327 g/mol. The summed E-state index contributed by atoms with van der Waals surface area (Å²) >= 11 is 4.74. The number of benzene rings is 1. The summed E-state index contributed by atoms with van der Waals surface area (Å²) in [5.41, 5.74) is 7.56. The highest BCUT2D eigenvalue weighted by molar-refractivity contribution is 9.10. The van der Waals surface area contributed by atoms with Crippen molar-refractivity contribution in [3.05, 3.63) is 44.3 Å². The number of esters is 1. The molecule has 1 aromatic carbocycles. The zero-order valence-electron chi connectivity index (χ0n) is 9.64. The number of carbonyl (C=O) groups excluding carboxylic acids is 1. The summed E-state index contributed by atoms with van der Waals surface area (Å²) in [5, 5.41) is 2.69. The van der Waals surface area contributed by atoms with Gasteiger partial charge in [0.1, 0.15) is 11.6 Å². The maximum absolute atomic E-state index is 11.9. The third-order valence-electron chi connectivity index (χ3n) is 2.24. The molecule has 18 heavy (non-hydrogen) atoms. The smallest absolute Gasteiger partial charge is 0.339 e. The third-order valence-corrected chi connectivity index (χ3v) is 4.07. The van der Waals surface area contributed by atoms with Crippen LogP contribution >= 0.6 is 27.3 Å². The van der Waals surface area contributed by atoms with Crippen LogP contribution in [0.1, 0.15) is 21.1 Å². The van der Waals surface area contributed by atoms with E-state index in [4.69, 9.17) is 10.5 Å². The van der Waals surface area contributed by atoms with Gasteiger partial charge in [0.2, 0.25) is 0 Å². The molecule has 4 nitrogen and oxygen atoms in total. The van der Waals surface area contributed by atoms with Crippen molar-refractivity contribution in [2.45, 2.75) is 13.5 Å². The first kappa shape index (κ1) is 13.0. The Morgan fingerprint density at radius 1 is 1.56 bits per heavy atom. The lowest BCUT2D eigenvalue weighted by molar-refractivity contribution is 0.0471. The molecule has 0 aliphatic carbocycles. The fourth-order valence-corrected chi connectivity index (χ4v) is 2.49. The van der Waals surface area contributed by atoms with Gasteiger partial charge in [-0.2, -0.15) is 0 Å². The molecule has 1 aromatic heterocycles. The van der Waals surface area contributed by atoms with Crippen molar-refractivity contribution in [2.75, 3.05) is 5.73 Å². The highest BCUT2D eigenvalue weighted by Crippen LogP contribution is 2.24. The number of hydrogen-bond acceptors (Lipinski definition) is 5. The number of aryl methyl sites for hydroxylation is 1. The second kappa shape index (κ2) is 5.49. The van der Waals surface area contributed by atoms with Crippen LogP contribution < -0.4 is 5.73 Å². The molecule has 0 amide bonds. The van der Waals surface area contributed by atoms with Crippen LogP contribution in [0.15, 0.2) is 28.1 Å². The van der Waals surface area contributed by atoms with E-state index < -0.39 is 5.97 Å². The van der Waals surface area contributed by atoms with E-state index in [-0.39, 0.29) is 6.61 Å². The number of aromatic nitrogens is 1. The van der Waals surface area contributed by atoms with Gasteiger partial charge in [0.25, 0.3) is 0 Å². The largest absolute Gasteiger partial charge is 0.455 e. The predicted molar refractivity (Wildman–Crippen MR) is 74.5 cm³/mol. The molecular formula is C12H11BrN2O2S. The minimum atomic E-state index is -0.415. The van der Waals surface area contributed by atoms with Gasteiger partial charge in [-0.3, -0.25) is 0 Å². The fraction of sp³-hybridized carbons (Fsp3) is 0.167. The molecule has 0 spiro atoms. The summed E-state index contributed by atoms with van der Waals surface area (Å²) in [5.74, 6) is -0.415. The summed E-state index contributed by atoms with van der Waals surface area (Å²) in [7, 11) is 0. The number of ether oxygens (including phenoxy) is 1. The van der Waals surface area contributed by atoms with Crippen molar-refractivity contribution in [3.8, 4) is 0 Å². The number of rotatable bonds is 3. The van der Waals surface area contributed by atoms with Gasteiger partial charge >= 0.3 is 5.97 Å². The first-order valence-corrected chi connectivity index (χ1v) is 6.87. The molecule has 94 valence electrons. The number of nitrogens with zero attached hydrogens (tertiary/aromatic N) is 1. The SMILES string of the molecule is Cc1csc(COC(=O)c2cccc(N)c2Br)n1. The van der Waals surface area contributed by atoms with Gasteiger partial charge in [0, 0.05) is 16.8 Å². The van der Waals surface area contributed by atoms with Gasteiger partial charge in [-0.15, -0.1) is 11.3 Å². The number of thiazole rings is 1. The van der Waals surface area contributed by atoms with Crippen LogP contribution in [0.3, 0.4) is 0 Å². The number of carbonyl (C=O) groups is 1. The quantitative estimate of drug-likeness (QED) is 0.695. The maximum atomic E-state index is 11.9. The van der Waals surface area contributed by atoms with Crippen LogP contribution in [0, 0.1) is 6.92 Å². The summed E-state index contributed by atoms with van der Waals surface area (Å²) in [6, 6.07) is 5.09. The molecular weight excluding hydrogens is 316 g/mol. The Morgan fingerprint density at radius 3 is 3.00 bits per heavy atom. The zero-order chi connectivity index (χ0) is 13.1. The highest BCUT2D eigenvalue weighted by Gasteiger charge is 2.13. The van der Waals surface area contributed by atoms with E-state index in [1.54, 1.807) is 18.2 Å². The molecule has 0 atom stereocenters. The number of nitrogen functional groups attached to an aromatic ring is 1. The predicted octanol–water partition coefficient (Wildman–Crippen LogP) is 3.15. The van der Waals surface area contributed by atoms with Crippen LogP contribution in [-0.2, 0) is 11.3 Å². The zero-order valence-corrected chi connectivity index (χ0v) is 12.0. The van der Waals surface area contributed by atoms with Gasteiger partial charge in [0.05, 0.1) is 10.0 Å². The van der Waals surface area contributed by atoms with Gasteiger partial charge in [-0.25, -0.2) is 9.78 Å². The van der Waals surface area contributed by atoms with Gasteiger partial charge in [-0.1, -0.05) is 6.07 Å². The molecule has 0 radical (unpaired) electrons. The van der Waals surface area contributed by atoms with Crippen LogP contribution in [-0.4, -0.2) is 11.0 Å². The Hall–Kier alpha value is -1.40. The molecule has 0 unspecified atom stereocenters. The molecule has 1 heterocycles. The van der Waals surface area contributed by atoms with Gasteiger partial charge in [-0.05, 0) is 35.0 Å². The van der Waals surface area contributed by atoms with Crippen molar-refractivity contribution >= 4 is 38.9 Å². The van der Waals surface area contributed by atoms with Gasteiger partial charge in [0.15, 0.2) is 0 Å². The van der Waals surface area contributed by atoms with E-state index in [1.807, 2.05) is 12.3 Å². The summed E-state index contributed by atoms with van der Waals surface area (Å²) in [4.78, 5) is 16.1. The van der Waals surface area contributed by atoms with Gasteiger partial charge < -0.3 is 10.5 Å². The third kappa shape index (κ3) is 2.88. The molecule has 2 N–H and O–H groups in total. The number of halogens is 1. The molecule has 2 aromatic rings. The molecule has 0 fully saturated rings. The second-order valence-corrected chi connectivity index (χ2v) is 5.40. The Balaban J connectivity index is 2.06. The van der Waals surface area contributed by atoms with E-state index in [0.717, 1.165) is 10.7 Å². The molecule has 0 bridgehead atoms. The molecule has 0 saturated heterocycles. The first-order chi connectivity index (χ1) is 8.58. The van der Waals surface area contributed by atoms with Crippen molar-refractivity contribution < 1.29 is 9.53 Å². The minimum absolute atomic E-state index is 0.179. The minimum Gasteiger partial charge on any atom is -0.455 e. The number of nitrogens with two attached hydrogens (primary N) is 1. The second-order valence-electron chi connectivity index (χ2n) is 3.67. The molecule has 6 heteroatoms. The van der Waals surface area contributed by atoms with Crippen LogP contribution in [0.2, 0.25) is 0 Å². The topological polar surface area (TPSA) is 65.2 Å². The van der Waals surface area contributed by atoms with Crippen LogP contribution in [0.5, 0.6) is 0 Å². The Labute approximate surface area is 117 Å². The highest BCUT2D eigenvalue weighted by atomic mass is 79.9. The van der Waals surface area contributed by atoms with Crippen LogP contribution in [0.25, 0.3) is 0 Å². The molecule has 0 aliphatic heterocycles. The van der Waals surface area contributed by atoms with Crippen LogP contribution in [0.4, 0.5) is 5.69 Å². The lowest BCUT2D eigenvalue weighted by atomic mass is 10.2. The molecule has 0 aliphatic rings. The summed E-state index contributed by atoms with van der Waals surface area (Å²) < 4.78 is 5.75. The first-order valence-electron chi connectivity index (χ1n) is 5.20. The van der Waals surface area contributed by atoms with E-state index in [9.17, 15) is 4.79 Å². The Morgan fingerprint density at radius 2 is 2.33 bits per heavy atom. The molecule has 2 rings (SSSR count). The number of hydrogen-bond donors (Lipinski definition) is 1. The summed E-state index contributed by atoms with van der Waals surface area (Å²) in [6.07, 6.45) is 0. The van der Waals surface area contributed by atoms with Crippen molar-refractivity contribution in [1.82, 2.24) is 4.98 Å². The lowest BCUT2D eigenvalue weighted by Gasteiger charge is -2.06. The van der Waals surface area contributed by atoms with Crippen molar-refractivity contribution in [1.29, 1.82) is 0 Å². The van der Waals surface area contributed by atoms with Crippen molar-refractivity contribution in [3.63, 3.8) is 0 Å². The average Bonchev–Trinajstić information content (AvgIpc) is 2.76. The van der Waals surface area contributed by atoms with E-state index in [1.165, 1.54) is 11.3 Å². The van der Waals surface area contributed by atoms with E-state index in [0.29, 0.717) is 15.7 Å². The lowest BCUT2D eigenvalue weighted by Crippen LogP contribution is -2.07. The fourth-order valence-electron chi connectivity index (χ4n) is 1.38. The Kier molecular flexibility index (Phi) is 3.98.